The van der Waals surface area contributed by atoms with E-state index in [-0.39, 0.29) is 0 Å². The molecular formula is C18H27NO2. The van der Waals surface area contributed by atoms with Crippen LogP contribution in [-0.2, 0) is 4.79 Å². The van der Waals surface area contributed by atoms with Crippen LogP contribution in [0.15, 0.2) is 24.3 Å². The van der Waals surface area contributed by atoms with E-state index in [9.17, 15) is 4.79 Å². The number of carbonyl (C=O) groups is 1. The van der Waals surface area contributed by atoms with Crippen molar-refractivity contribution < 1.29 is 9.90 Å². The van der Waals surface area contributed by atoms with E-state index in [0.29, 0.717) is 24.3 Å². The predicted octanol–water partition coefficient (Wildman–Crippen LogP) is 4.06. The first kappa shape index (κ1) is 16.0. The SMILES string of the molecule is CC(C)c1ccc(C(C)N2CCC(CCC(=O)O)C2)cc1. The van der Waals surface area contributed by atoms with Gasteiger partial charge in [0.1, 0.15) is 0 Å². The fraction of sp³-hybridized carbons (Fsp3) is 0.611. The third-order valence-corrected chi connectivity index (χ3v) is 4.72. The van der Waals surface area contributed by atoms with Gasteiger partial charge in [0.15, 0.2) is 0 Å². The Morgan fingerprint density at radius 2 is 1.86 bits per heavy atom. The molecule has 116 valence electrons. The summed E-state index contributed by atoms with van der Waals surface area (Å²) in [5, 5.41) is 8.78. The molecule has 0 aliphatic carbocycles. The van der Waals surface area contributed by atoms with Crippen LogP contribution in [-0.4, -0.2) is 29.1 Å². The Hall–Kier alpha value is -1.35. The van der Waals surface area contributed by atoms with Crippen LogP contribution in [0.25, 0.3) is 0 Å². The summed E-state index contributed by atoms with van der Waals surface area (Å²) in [4.78, 5) is 13.1. The molecule has 0 amide bonds. The van der Waals surface area contributed by atoms with E-state index in [1.807, 2.05) is 0 Å². The number of carboxylic acid groups (broad SMARTS) is 1. The second-order valence-electron chi connectivity index (χ2n) is 6.58. The summed E-state index contributed by atoms with van der Waals surface area (Å²) in [6.45, 7) is 8.79. The maximum atomic E-state index is 10.7. The lowest BCUT2D eigenvalue weighted by Crippen LogP contribution is -2.24. The highest BCUT2D eigenvalue weighted by atomic mass is 16.4. The van der Waals surface area contributed by atoms with Gasteiger partial charge in [-0.1, -0.05) is 38.1 Å². The normalized spacial score (nSPS) is 20.9. The average Bonchev–Trinajstić information content (AvgIpc) is 2.93. The highest BCUT2D eigenvalue weighted by Crippen LogP contribution is 2.30. The van der Waals surface area contributed by atoms with E-state index in [0.717, 1.165) is 25.9 Å². The Labute approximate surface area is 128 Å². The van der Waals surface area contributed by atoms with Crippen molar-refractivity contribution in [2.75, 3.05) is 13.1 Å². The molecule has 1 heterocycles. The van der Waals surface area contributed by atoms with E-state index < -0.39 is 5.97 Å². The van der Waals surface area contributed by atoms with Gasteiger partial charge in [-0.3, -0.25) is 9.69 Å². The Morgan fingerprint density at radius 3 is 2.43 bits per heavy atom. The third-order valence-electron chi connectivity index (χ3n) is 4.72. The first-order chi connectivity index (χ1) is 9.97. The van der Waals surface area contributed by atoms with Crippen molar-refractivity contribution in [1.29, 1.82) is 0 Å². The van der Waals surface area contributed by atoms with E-state index >= 15 is 0 Å². The van der Waals surface area contributed by atoms with Gasteiger partial charge in [-0.15, -0.1) is 0 Å². The minimum absolute atomic E-state index is 0.302. The maximum Gasteiger partial charge on any atom is 0.303 e. The van der Waals surface area contributed by atoms with Crippen LogP contribution in [0.3, 0.4) is 0 Å². The molecule has 1 saturated heterocycles. The number of carboxylic acids is 1. The monoisotopic (exact) mass is 289 g/mol. The minimum Gasteiger partial charge on any atom is -0.481 e. The molecular weight excluding hydrogens is 262 g/mol. The van der Waals surface area contributed by atoms with Gasteiger partial charge in [0.25, 0.3) is 0 Å². The first-order valence-corrected chi connectivity index (χ1v) is 8.03. The second-order valence-corrected chi connectivity index (χ2v) is 6.58. The molecule has 1 aromatic rings. The summed E-state index contributed by atoms with van der Waals surface area (Å²) in [6.07, 6.45) is 2.24. The van der Waals surface area contributed by atoms with Crippen molar-refractivity contribution in [2.45, 2.75) is 52.0 Å². The summed E-state index contributed by atoms with van der Waals surface area (Å²) in [6, 6.07) is 9.36. The topological polar surface area (TPSA) is 40.5 Å². The molecule has 21 heavy (non-hydrogen) atoms. The average molecular weight is 289 g/mol. The second kappa shape index (κ2) is 7.08. The van der Waals surface area contributed by atoms with Crippen LogP contribution in [0.5, 0.6) is 0 Å². The Kier molecular flexibility index (Phi) is 5.40. The molecule has 0 bridgehead atoms. The number of hydrogen-bond donors (Lipinski definition) is 1. The summed E-state index contributed by atoms with van der Waals surface area (Å²) < 4.78 is 0. The summed E-state index contributed by atoms with van der Waals surface area (Å²) in [5.74, 6) is 0.436. The molecule has 1 fully saturated rings. The Balaban J connectivity index is 1.91. The molecule has 3 heteroatoms. The van der Waals surface area contributed by atoms with Crippen LogP contribution in [0, 0.1) is 5.92 Å². The van der Waals surface area contributed by atoms with Crippen LogP contribution in [0.4, 0.5) is 0 Å². The fourth-order valence-electron chi connectivity index (χ4n) is 3.15. The molecule has 2 rings (SSSR count). The predicted molar refractivity (Wildman–Crippen MR) is 85.5 cm³/mol. The largest absolute Gasteiger partial charge is 0.481 e. The lowest BCUT2D eigenvalue weighted by Gasteiger charge is -2.25. The zero-order chi connectivity index (χ0) is 15.4. The van der Waals surface area contributed by atoms with Crippen LogP contribution in [0.2, 0.25) is 0 Å². The number of rotatable bonds is 6. The molecule has 3 nitrogen and oxygen atoms in total. The van der Waals surface area contributed by atoms with Gasteiger partial charge >= 0.3 is 5.97 Å². The zero-order valence-electron chi connectivity index (χ0n) is 13.4. The number of hydrogen-bond acceptors (Lipinski definition) is 2. The van der Waals surface area contributed by atoms with E-state index in [4.69, 9.17) is 5.11 Å². The van der Waals surface area contributed by atoms with Crippen molar-refractivity contribution in [1.82, 2.24) is 4.90 Å². The summed E-state index contributed by atoms with van der Waals surface area (Å²) in [7, 11) is 0. The molecule has 0 spiro atoms. The molecule has 2 atom stereocenters. The van der Waals surface area contributed by atoms with Crippen LogP contribution in [0.1, 0.15) is 63.1 Å². The van der Waals surface area contributed by atoms with Gasteiger partial charge in [-0.25, -0.2) is 0 Å². The van der Waals surface area contributed by atoms with Gasteiger partial charge < -0.3 is 5.11 Å². The fourth-order valence-corrected chi connectivity index (χ4v) is 3.15. The van der Waals surface area contributed by atoms with Crippen molar-refractivity contribution in [2.24, 2.45) is 5.92 Å². The molecule has 2 unspecified atom stereocenters. The van der Waals surface area contributed by atoms with Gasteiger partial charge in [0.2, 0.25) is 0 Å². The zero-order valence-corrected chi connectivity index (χ0v) is 13.4. The summed E-state index contributed by atoms with van der Waals surface area (Å²) in [5.41, 5.74) is 2.74. The Bertz CT molecular complexity index is 467. The molecule has 1 aliphatic rings. The maximum absolute atomic E-state index is 10.7. The smallest absolute Gasteiger partial charge is 0.303 e. The highest BCUT2D eigenvalue weighted by molar-refractivity contribution is 5.66. The first-order valence-electron chi connectivity index (χ1n) is 8.03. The highest BCUT2D eigenvalue weighted by Gasteiger charge is 2.26. The number of benzene rings is 1. The lowest BCUT2D eigenvalue weighted by atomic mass is 9.99. The molecule has 0 aromatic heterocycles. The van der Waals surface area contributed by atoms with E-state index in [1.54, 1.807) is 0 Å². The molecule has 1 aliphatic heterocycles. The van der Waals surface area contributed by atoms with Crippen LogP contribution >= 0.6 is 0 Å². The minimum atomic E-state index is -0.675. The van der Waals surface area contributed by atoms with Crippen LogP contribution < -0.4 is 0 Å². The van der Waals surface area contributed by atoms with Crippen molar-refractivity contribution in [3.8, 4) is 0 Å². The van der Waals surface area contributed by atoms with E-state index in [2.05, 4.69) is 49.9 Å². The number of aliphatic carboxylic acids is 1. The summed E-state index contributed by atoms with van der Waals surface area (Å²) >= 11 is 0. The van der Waals surface area contributed by atoms with Gasteiger partial charge in [0.05, 0.1) is 0 Å². The molecule has 0 radical (unpaired) electrons. The number of likely N-dealkylation sites (tertiary alicyclic amines) is 1. The van der Waals surface area contributed by atoms with Gasteiger partial charge in [-0.05, 0) is 49.3 Å². The third kappa shape index (κ3) is 4.31. The molecule has 0 saturated carbocycles. The van der Waals surface area contributed by atoms with E-state index in [1.165, 1.54) is 11.1 Å². The Morgan fingerprint density at radius 1 is 1.24 bits per heavy atom. The quantitative estimate of drug-likeness (QED) is 0.858. The van der Waals surface area contributed by atoms with Crippen molar-refractivity contribution >= 4 is 5.97 Å². The standard InChI is InChI=1S/C18H27NO2/c1-13(2)16-5-7-17(8-6-16)14(3)19-11-10-15(12-19)4-9-18(20)21/h5-8,13-15H,4,9-12H2,1-3H3,(H,20,21). The van der Waals surface area contributed by atoms with Crippen molar-refractivity contribution in [3.63, 3.8) is 0 Å². The number of nitrogens with zero attached hydrogens (tertiary/aromatic N) is 1. The van der Waals surface area contributed by atoms with Gasteiger partial charge in [-0.2, -0.15) is 0 Å². The van der Waals surface area contributed by atoms with Crippen molar-refractivity contribution in [3.05, 3.63) is 35.4 Å². The lowest BCUT2D eigenvalue weighted by molar-refractivity contribution is -0.137. The molecule has 1 N–H and O–H groups in total. The van der Waals surface area contributed by atoms with Gasteiger partial charge in [0, 0.05) is 19.0 Å². The molecule has 1 aromatic carbocycles.